The summed E-state index contributed by atoms with van der Waals surface area (Å²) in [4.78, 5) is 9.65. The minimum absolute atomic E-state index is 0.0934. The average molecular weight is 135 g/mol. The van der Waals surface area contributed by atoms with Crippen LogP contribution in [-0.4, -0.2) is 20.3 Å². The molecule has 0 saturated heterocycles. The van der Waals surface area contributed by atoms with E-state index in [-0.39, 0.29) is 6.42 Å². The molecule has 0 spiro atoms. The van der Waals surface area contributed by atoms with Gasteiger partial charge >= 0.3 is 0 Å². The molecule has 2 unspecified atom stereocenters. The zero-order valence-corrected chi connectivity index (χ0v) is 5.31. The fourth-order valence-corrected chi connectivity index (χ4v) is 0.450. The van der Waals surface area contributed by atoms with Crippen LogP contribution in [-0.2, 0) is 15.9 Å². The quantitative estimate of drug-likeness (QED) is 0.399. The number of carbonyl (C=O) groups excluding carboxylic acids is 1. The maximum Gasteiger partial charge on any atom is 0.121 e. The van der Waals surface area contributed by atoms with Crippen molar-refractivity contribution in [2.75, 3.05) is 0 Å². The third kappa shape index (κ3) is 2.87. The summed E-state index contributed by atoms with van der Waals surface area (Å²) in [6.07, 6.45) is 0.691. The summed E-state index contributed by atoms with van der Waals surface area (Å²) in [6, 6.07) is 0. The van der Waals surface area contributed by atoms with Crippen LogP contribution in [0.15, 0.2) is 0 Å². The van der Waals surface area contributed by atoms with E-state index in [2.05, 4.69) is 0 Å². The van der Waals surface area contributed by atoms with Crippen molar-refractivity contribution in [3.05, 3.63) is 0 Å². The van der Waals surface area contributed by atoms with E-state index >= 15 is 0 Å². The number of rotatable bonds is 3. The molecule has 0 rings (SSSR count). The first-order valence-electron chi connectivity index (χ1n) is 2.20. The molecule has 2 atom stereocenters. The van der Waals surface area contributed by atoms with Crippen LogP contribution in [0.1, 0.15) is 13.3 Å². The Labute approximate surface area is 50.4 Å². The van der Waals surface area contributed by atoms with Crippen molar-refractivity contribution >= 4 is 17.4 Å². The van der Waals surface area contributed by atoms with Gasteiger partial charge in [0, 0.05) is 11.7 Å². The molecule has 0 aromatic carbocycles. The number of aldehydes is 1. The molecule has 48 valence electrons. The van der Waals surface area contributed by atoms with E-state index < -0.39 is 16.3 Å². The molecule has 0 saturated carbocycles. The van der Waals surface area contributed by atoms with E-state index in [4.69, 9.17) is 0 Å². The molecule has 4 heteroatoms. The van der Waals surface area contributed by atoms with Gasteiger partial charge in [-0.1, -0.05) is 18.0 Å². The Morgan fingerprint density at radius 3 is 2.50 bits per heavy atom. The van der Waals surface area contributed by atoms with Crippen LogP contribution >= 0.6 is 0 Å². The molecule has 3 nitrogen and oxygen atoms in total. The van der Waals surface area contributed by atoms with Crippen LogP contribution in [0.3, 0.4) is 0 Å². The van der Waals surface area contributed by atoms with Gasteiger partial charge in [0.05, 0.1) is 0 Å². The first-order chi connectivity index (χ1) is 3.68. The van der Waals surface area contributed by atoms with E-state index in [1.807, 2.05) is 0 Å². The van der Waals surface area contributed by atoms with Crippen LogP contribution in [0.4, 0.5) is 0 Å². The lowest BCUT2D eigenvalue weighted by molar-refractivity contribution is -0.107. The molecule has 0 aromatic rings. The Morgan fingerprint density at radius 2 is 2.38 bits per heavy atom. The summed E-state index contributed by atoms with van der Waals surface area (Å²) < 4.78 is 19.9. The molecular weight excluding hydrogens is 128 g/mol. The first-order valence-corrected chi connectivity index (χ1v) is 3.34. The van der Waals surface area contributed by atoms with E-state index in [1.54, 1.807) is 0 Å². The number of hydrogen-bond acceptors (Lipinski definition) is 3. The van der Waals surface area contributed by atoms with Gasteiger partial charge in [-0.15, -0.1) is 0 Å². The van der Waals surface area contributed by atoms with Gasteiger partial charge in [0.2, 0.25) is 0 Å². The fourth-order valence-electron chi connectivity index (χ4n) is 0.214. The van der Waals surface area contributed by atoms with E-state index in [0.717, 1.165) is 0 Å². The second-order valence-electron chi connectivity index (χ2n) is 1.47. The zero-order valence-electron chi connectivity index (χ0n) is 4.49. The zero-order chi connectivity index (χ0) is 6.57. The summed E-state index contributed by atoms with van der Waals surface area (Å²) in [5, 5.41) is -0.535. The van der Waals surface area contributed by atoms with Crippen LogP contribution in [0.2, 0.25) is 0 Å². The Morgan fingerprint density at radius 1 is 1.88 bits per heavy atom. The molecule has 0 amide bonds. The molecule has 0 aliphatic rings. The van der Waals surface area contributed by atoms with Gasteiger partial charge in [0.1, 0.15) is 6.29 Å². The molecule has 0 aliphatic heterocycles. The predicted molar refractivity (Wildman–Crippen MR) is 29.1 cm³/mol. The normalized spacial score (nSPS) is 17.2. The second-order valence-corrected chi connectivity index (χ2v) is 2.80. The van der Waals surface area contributed by atoms with Crippen molar-refractivity contribution in [3.63, 3.8) is 0 Å². The average Bonchev–Trinajstić information content (AvgIpc) is 1.67. The van der Waals surface area contributed by atoms with Gasteiger partial charge in [0.25, 0.3) is 0 Å². The summed E-state index contributed by atoms with van der Waals surface area (Å²) in [5.41, 5.74) is 0. The smallest absolute Gasteiger partial charge is 0.121 e. The maximum absolute atomic E-state index is 9.93. The lowest BCUT2D eigenvalue weighted by atomic mass is 10.4. The topological polar surface area (TPSA) is 57.2 Å². The summed E-state index contributed by atoms with van der Waals surface area (Å²) in [6.45, 7) is 1.48. The molecule has 0 N–H and O–H groups in total. The van der Waals surface area contributed by atoms with Gasteiger partial charge in [-0.05, 0) is 0 Å². The van der Waals surface area contributed by atoms with Crippen molar-refractivity contribution in [3.8, 4) is 0 Å². The highest BCUT2D eigenvalue weighted by molar-refractivity contribution is 7.79. The monoisotopic (exact) mass is 135 g/mol. The fraction of sp³-hybridized carbons (Fsp3) is 0.750. The SMILES string of the molecule is CC(CC=O)S(=O)[O-]. The number of hydrogen-bond donors (Lipinski definition) is 0. The van der Waals surface area contributed by atoms with Crippen molar-refractivity contribution in [1.29, 1.82) is 0 Å². The lowest BCUT2D eigenvalue weighted by Crippen LogP contribution is -2.09. The lowest BCUT2D eigenvalue weighted by Gasteiger charge is -2.09. The van der Waals surface area contributed by atoms with Gasteiger partial charge in [-0.2, -0.15) is 0 Å². The predicted octanol–water partition coefficient (Wildman–Crippen LogP) is -0.157. The third-order valence-corrected chi connectivity index (χ3v) is 1.61. The molecule has 0 bridgehead atoms. The molecule has 0 heterocycles. The first kappa shape index (κ1) is 7.78. The van der Waals surface area contributed by atoms with Crippen molar-refractivity contribution in [2.45, 2.75) is 18.6 Å². The van der Waals surface area contributed by atoms with Gasteiger partial charge in [-0.3, -0.25) is 4.21 Å². The summed E-state index contributed by atoms with van der Waals surface area (Å²) in [5.74, 6) is 0. The summed E-state index contributed by atoms with van der Waals surface area (Å²) >= 11 is -2.09. The Balaban J connectivity index is 3.46. The van der Waals surface area contributed by atoms with E-state index in [1.165, 1.54) is 6.92 Å². The third-order valence-electron chi connectivity index (χ3n) is 0.757. The van der Waals surface area contributed by atoms with Gasteiger partial charge in [0.15, 0.2) is 0 Å². The molecule has 8 heavy (non-hydrogen) atoms. The highest BCUT2D eigenvalue weighted by Crippen LogP contribution is 1.93. The Hall–Kier alpha value is -0.220. The van der Waals surface area contributed by atoms with Crippen molar-refractivity contribution in [1.82, 2.24) is 0 Å². The summed E-state index contributed by atoms with van der Waals surface area (Å²) in [7, 11) is 0. The second kappa shape index (κ2) is 3.74. The van der Waals surface area contributed by atoms with E-state index in [9.17, 15) is 13.6 Å². The van der Waals surface area contributed by atoms with Crippen LogP contribution in [0.25, 0.3) is 0 Å². The standard InChI is InChI=1S/C4H8O3S/c1-4(2-3-5)8(6)7/h3-4H,2H2,1H3,(H,6,7)/p-1. The van der Waals surface area contributed by atoms with E-state index in [0.29, 0.717) is 6.29 Å². The minimum Gasteiger partial charge on any atom is -0.772 e. The molecule has 0 fully saturated rings. The van der Waals surface area contributed by atoms with Gasteiger partial charge < -0.3 is 9.35 Å². The largest absolute Gasteiger partial charge is 0.772 e. The molecule has 0 aromatic heterocycles. The molecule has 0 radical (unpaired) electrons. The van der Waals surface area contributed by atoms with Crippen molar-refractivity contribution in [2.24, 2.45) is 0 Å². The maximum atomic E-state index is 9.93. The van der Waals surface area contributed by atoms with Crippen LogP contribution in [0.5, 0.6) is 0 Å². The van der Waals surface area contributed by atoms with Crippen LogP contribution < -0.4 is 0 Å². The molecular formula is C4H7O3S-. The molecule has 0 aliphatic carbocycles. The van der Waals surface area contributed by atoms with Crippen molar-refractivity contribution < 1.29 is 13.6 Å². The van der Waals surface area contributed by atoms with Gasteiger partial charge in [-0.25, -0.2) is 0 Å². The highest BCUT2D eigenvalue weighted by Gasteiger charge is 1.97. The van der Waals surface area contributed by atoms with Crippen LogP contribution in [0, 0.1) is 0 Å². The number of carbonyl (C=O) groups is 1. The Bertz CT molecular complexity index is 101. The minimum atomic E-state index is -2.09. The Kier molecular flexibility index (Phi) is 3.64. The highest BCUT2D eigenvalue weighted by atomic mass is 32.2.